The smallest absolute Gasteiger partial charge is 0.253 e. The van der Waals surface area contributed by atoms with Crippen molar-refractivity contribution in [1.29, 1.82) is 0 Å². The summed E-state index contributed by atoms with van der Waals surface area (Å²) in [5.74, 6) is 0.728. The van der Waals surface area contributed by atoms with E-state index >= 15 is 0 Å². The van der Waals surface area contributed by atoms with Crippen LogP contribution >= 0.6 is 0 Å². The van der Waals surface area contributed by atoms with E-state index in [1.165, 1.54) is 19.3 Å². The van der Waals surface area contributed by atoms with Crippen LogP contribution < -0.4 is 10.6 Å². The number of hydrogen-bond donors (Lipinski definition) is 2. The van der Waals surface area contributed by atoms with Crippen molar-refractivity contribution in [3.8, 4) is 0 Å². The van der Waals surface area contributed by atoms with Crippen molar-refractivity contribution in [3.05, 3.63) is 29.3 Å². The highest BCUT2D eigenvalue weighted by Crippen LogP contribution is 2.25. The normalized spacial score (nSPS) is 15.2. The van der Waals surface area contributed by atoms with Gasteiger partial charge in [0, 0.05) is 19.3 Å². The molecule has 0 heterocycles. The van der Waals surface area contributed by atoms with Crippen molar-refractivity contribution in [2.45, 2.75) is 26.2 Å². The van der Waals surface area contributed by atoms with E-state index in [1.807, 2.05) is 32.2 Å². The number of carbonyl (C=O) groups is 1. The van der Waals surface area contributed by atoms with Crippen LogP contribution in [0.15, 0.2) is 18.2 Å². The molecule has 1 saturated carbocycles. The van der Waals surface area contributed by atoms with Gasteiger partial charge in [-0.05, 0) is 37.8 Å². The molecule has 3 nitrogen and oxygen atoms in total. The zero-order chi connectivity index (χ0) is 12.3. The van der Waals surface area contributed by atoms with Crippen molar-refractivity contribution in [2.75, 3.05) is 18.9 Å². The molecule has 1 aliphatic carbocycles. The van der Waals surface area contributed by atoms with Gasteiger partial charge in [-0.3, -0.25) is 4.79 Å². The highest BCUT2D eigenvalue weighted by molar-refractivity contribution is 5.99. The zero-order valence-corrected chi connectivity index (χ0v) is 10.5. The van der Waals surface area contributed by atoms with Gasteiger partial charge in [-0.2, -0.15) is 0 Å². The predicted octanol–water partition coefficient (Wildman–Crippen LogP) is 2.57. The summed E-state index contributed by atoms with van der Waals surface area (Å²) < 4.78 is 0. The molecule has 17 heavy (non-hydrogen) atoms. The number of anilines is 1. The molecule has 1 fully saturated rings. The Balaban J connectivity index is 2.03. The van der Waals surface area contributed by atoms with Crippen LogP contribution in [0.2, 0.25) is 0 Å². The SMILES string of the molecule is CNc1ccc(C)cc1C(=O)NCC1CCC1. The minimum atomic E-state index is 0.0324. The van der Waals surface area contributed by atoms with Crippen LogP contribution in [0, 0.1) is 12.8 Å². The molecule has 92 valence electrons. The Morgan fingerprint density at radius 2 is 2.18 bits per heavy atom. The summed E-state index contributed by atoms with van der Waals surface area (Å²) >= 11 is 0. The van der Waals surface area contributed by atoms with Crippen molar-refractivity contribution >= 4 is 11.6 Å². The number of carbonyl (C=O) groups excluding carboxylic acids is 1. The molecule has 0 saturated heterocycles. The van der Waals surface area contributed by atoms with Gasteiger partial charge in [-0.1, -0.05) is 18.1 Å². The molecule has 0 aromatic heterocycles. The second kappa shape index (κ2) is 5.21. The van der Waals surface area contributed by atoms with Crippen LogP contribution in [0.5, 0.6) is 0 Å². The monoisotopic (exact) mass is 232 g/mol. The molecule has 0 aliphatic heterocycles. The first-order chi connectivity index (χ1) is 8.20. The van der Waals surface area contributed by atoms with Crippen molar-refractivity contribution in [1.82, 2.24) is 5.32 Å². The molecule has 0 spiro atoms. The maximum atomic E-state index is 12.1. The first-order valence-electron chi connectivity index (χ1n) is 6.27. The van der Waals surface area contributed by atoms with Crippen molar-refractivity contribution in [2.24, 2.45) is 5.92 Å². The Morgan fingerprint density at radius 1 is 1.41 bits per heavy atom. The lowest BCUT2D eigenvalue weighted by atomic mass is 9.85. The fourth-order valence-electron chi connectivity index (χ4n) is 2.09. The number of benzene rings is 1. The van der Waals surface area contributed by atoms with Gasteiger partial charge < -0.3 is 10.6 Å². The summed E-state index contributed by atoms with van der Waals surface area (Å²) in [6.45, 7) is 2.82. The Hall–Kier alpha value is -1.51. The molecular formula is C14H20N2O. The molecule has 2 rings (SSSR count). The molecule has 1 amide bonds. The molecule has 1 aliphatic rings. The Labute approximate surface area is 103 Å². The molecule has 1 aromatic rings. The second-order valence-corrected chi connectivity index (χ2v) is 4.81. The average Bonchev–Trinajstić information content (AvgIpc) is 2.26. The van der Waals surface area contributed by atoms with Gasteiger partial charge >= 0.3 is 0 Å². The van der Waals surface area contributed by atoms with E-state index in [9.17, 15) is 4.79 Å². The van der Waals surface area contributed by atoms with E-state index < -0.39 is 0 Å². The standard InChI is InChI=1S/C14H20N2O/c1-10-6-7-13(15-2)12(8-10)14(17)16-9-11-4-3-5-11/h6-8,11,15H,3-5,9H2,1-2H3,(H,16,17). The number of amides is 1. The van der Waals surface area contributed by atoms with Gasteiger partial charge in [0.15, 0.2) is 0 Å². The summed E-state index contributed by atoms with van der Waals surface area (Å²) in [6, 6.07) is 5.89. The van der Waals surface area contributed by atoms with Gasteiger partial charge in [0.1, 0.15) is 0 Å². The van der Waals surface area contributed by atoms with Crippen LogP contribution in [0.1, 0.15) is 35.2 Å². The van der Waals surface area contributed by atoms with E-state index in [0.29, 0.717) is 5.92 Å². The third-order valence-electron chi connectivity index (χ3n) is 3.47. The third kappa shape index (κ3) is 2.78. The largest absolute Gasteiger partial charge is 0.387 e. The fourth-order valence-corrected chi connectivity index (χ4v) is 2.09. The Morgan fingerprint density at radius 3 is 2.76 bits per heavy atom. The van der Waals surface area contributed by atoms with E-state index in [1.54, 1.807) is 0 Å². The van der Waals surface area contributed by atoms with Crippen LogP contribution in [0.4, 0.5) is 5.69 Å². The van der Waals surface area contributed by atoms with E-state index in [-0.39, 0.29) is 5.91 Å². The van der Waals surface area contributed by atoms with Gasteiger partial charge in [-0.15, -0.1) is 0 Å². The molecule has 0 unspecified atom stereocenters. The summed E-state index contributed by atoms with van der Waals surface area (Å²) in [5, 5.41) is 6.08. The molecule has 0 radical (unpaired) electrons. The van der Waals surface area contributed by atoms with Gasteiger partial charge in [-0.25, -0.2) is 0 Å². The zero-order valence-electron chi connectivity index (χ0n) is 10.5. The lowest BCUT2D eigenvalue weighted by molar-refractivity contribution is 0.0940. The van der Waals surface area contributed by atoms with Crippen LogP contribution in [0.3, 0.4) is 0 Å². The Kier molecular flexibility index (Phi) is 3.67. The summed E-state index contributed by atoms with van der Waals surface area (Å²) in [6.07, 6.45) is 3.83. The predicted molar refractivity (Wildman–Crippen MR) is 70.4 cm³/mol. The lowest BCUT2D eigenvalue weighted by Crippen LogP contribution is -2.32. The number of nitrogens with one attached hydrogen (secondary N) is 2. The maximum Gasteiger partial charge on any atom is 0.253 e. The third-order valence-corrected chi connectivity index (χ3v) is 3.47. The lowest BCUT2D eigenvalue weighted by Gasteiger charge is -2.25. The highest BCUT2D eigenvalue weighted by atomic mass is 16.1. The summed E-state index contributed by atoms with van der Waals surface area (Å²) in [4.78, 5) is 12.1. The number of rotatable bonds is 4. The minimum absolute atomic E-state index is 0.0324. The number of aryl methyl sites for hydroxylation is 1. The van der Waals surface area contributed by atoms with Crippen molar-refractivity contribution in [3.63, 3.8) is 0 Å². The van der Waals surface area contributed by atoms with Gasteiger partial charge in [0.05, 0.1) is 5.56 Å². The van der Waals surface area contributed by atoms with E-state index in [4.69, 9.17) is 0 Å². The Bertz CT molecular complexity index is 411. The topological polar surface area (TPSA) is 41.1 Å². The molecular weight excluding hydrogens is 212 g/mol. The second-order valence-electron chi connectivity index (χ2n) is 4.81. The first kappa shape index (κ1) is 12.0. The van der Waals surface area contributed by atoms with Crippen molar-refractivity contribution < 1.29 is 4.79 Å². The quantitative estimate of drug-likeness (QED) is 0.837. The average molecular weight is 232 g/mol. The summed E-state index contributed by atoms with van der Waals surface area (Å²) in [5.41, 5.74) is 2.74. The van der Waals surface area contributed by atoms with Gasteiger partial charge in [0.25, 0.3) is 5.91 Å². The minimum Gasteiger partial charge on any atom is -0.387 e. The van der Waals surface area contributed by atoms with Crippen LogP contribution in [0.25, 0.3) is 0 Å². The molecule has 0 atom stereocenters. The van der Waals surface area contributed by atoms with Crippen LogP contribution in [-0.2, 0) is 0 Å². The summed E-state index contributed by atoms with van der Waals surface area (Å²) in [7, 11) is 1.84. The van der Waals surface area contributed by atoms with Gasteiger partial charge in [0.2, 0.25) is 0 Å². The molecule has 1 aromatic carbocycles. The fraction of sp³-hybridized carbons (Fsp3) is 0.500. The molecule has 3 heteroatoms. The van der Waals surface area contributed by atoms with E-state index in [0.717, 1.165) is 23.4 Å². The number of hydrogen-bond acceptors (Lipinski definition) is 2. The maximum absolute atomic E-state index is 12.1. The molecule has 0 bridgehead atoms. The molecule has 2 N–H and O–H groups in total. The van der Waals surface area contributed by atoms with E-state index in [2.05, 4.69) is 10.6 Å². The highest BCUT2D eigenvalue weighted by Gasteiger charge is 2.19. The first-order valence-corrected chi connectivity index (χ1v) is 6.27. The van der Waals surface area contributed by atoms with Crippen LogP contribution in [-0.4, -0.2) is 19.5 Å².